The van der Waals surface area contributed by atoms with E-state index in [1.807, 2.05) is 0 Å². The van der Waals surface area contributed by atoms with Gasteiger partial charge in [-0.05, 0) is 25.3 Å². The molecular weight excluding hydrogens is 291 g/mol. The summed E-state index contributed by atoms with van der Waals surface area (Å²) in [5, 5.41) is 14.5. The molecule has 0 atom stereocenters. The number of hydrogen-bond acceptors (Lipinski definition) is 4. The number of ether oxygens (including phenoxy) is 1. The normalized spacial score (nSPS) is 16.8. The van der Waals surface area contributed by atoms with E-state index in [2.05, 4.69) is 5.32 Å². The molecule has 2 rings (SSSR count). The van der Waals surface area contributed by atoms with Crippen molar-refractivity contribution in [1.82, 2.24) is 0 Å². The molecular formula is C12H14Cl2N2O3. The lowest BCUT2D eigenvalue weighted by molar-refractivity contribution is -0.384. The van der Waals surface area contributed by atoms with E-state index in [0.717, 1.165) is 19.3 Å². The van der Waals surface area contributed by atoms with Crippen LogP contribution in [0.1, 0.15) is 19.3 Å². The van der Waals surface area contributed by atoms with Crippen molar-refractivity contribution >= 4 is 34.6 Å². The van der Waals surface area contributed by atoms with Gasteiger partial charge in [0.05, 0.1) is 20.6 Å². The lowest BCUT2D eigenvalue weighted by atomic mass is 9.80. The van der Waals surface area contributed by atoms with Crippen LogP contribution < -0.4 is 5.32 Å². The Morgan fingerprint density at radius 3 is 2.53 bits per heavy atom. The van der Waals surface area contributed by atoms with Gasteiger partial charge in [-0.25, -0.2) is 0 Å². The fraction of sp³-hybridized carbons (Fsp3) is 0.500. The molecule has 0 spiro atoms. The Bertz CT molecular complexity index is 498. The predicted molar refractivity (Wildman–Crippen MR) is 75.2 cm³/mol. The molecule has 5 nitrogen and oxygen atoms in total. The average molecular weight is 305 g/mol. The van der Waals surface area contributed by atoms with Crippen molar-refractivity contribution in [2.24, 2.45) is 0 Å². The summed E-state index contributed by atoms with van der Waals surface area (Å²) in [6.07, 6.45) is 3.01. The molecule has 0 amide bonds. The van der Waals surface area contributed by atoms with E-state index >= 15 is 0 Å². The Hall–Kier alpha value is -1.04. The molecule has 1 aromatic rings. The summed E-state index contributed by atoms with van der Waals surface area (Å²) in [5.74, 6) is 0. The fourth-order valence-electron chi connectivity index (χ4n) is 2.11. The van der Waals surface area contributed by atoms with Gasteiger partial charge in [-0.3, -0.25) is 10.1 Å². The molecule has 1 aliphatic carbocycles. The second-order valence-corrected chi connectivity index (χ2v) is 5.45. The van der Waals surface area contributed by atoms with Crippen LogP contribution in [0, 0.1) is 10.1 Å². The van der Waals surface area contributed by atoms with Crippen molar-refractivity contribution in [3.05, 3.63) is 32.3 Å². The smallest absolute Gasteiger partial charge is 0.293 e. The highest BCUT2D eigenvalue weighted by Crippen LogP contribution is 2.38. The van der Waals surface area contributed by atoms with Crippen LogP contribution in [0.2, 0.25) is 10.0 Å². The van der Waals surface area contributed by atoms with Gasteiger partial charge >= 0.3 is 0 Å². The number of hydrogen-bond donors (Lipinski definition) is 1. The number of halogens is 2. The standard InChI is InChI=1S/C12H14Cl2N2O3/c1-19-12(3-2-4-12)7-15-10-5-8(13)9(14)6-11(10)16(17)18/h5-6,15H,2-4,7H2,1H3. The number of anilines is 1. The van der Waals surface area contributed by atoms with Gasteiger partial charge in [-0.15, -0.1) is 0 Å². The van der Waals surface area contributed by atoms with E-state index < -0.39 is 4.92 Å². The first-order valence-electron chi connectivity index (χ1n) is 5.90. The molecule has 19 heavy (non-hydrogen) atoms. The highest BCUT2D eigenvalue weighted by atomic mass is 35.5. The van der Waals surface area contributed by atoms with Crippen molar-refractivity contribution < 1.29 is 9.66 Å². The van der Waals surface area contributed by atoms with Crippen LogP contribution in [-0.2, 0) is 4.74 Å². The molecule has 0 heterocycles. The summed E-state index contributed by atoms with van der Waals surface area (Å²) >= 11 is 11.7. The summed E-state index contributed by atoms with van der Waals surface area (Å²) < 4.78 is 5.46. The molecule has 0 aliphatic heterocycles. The molecule has 1 aromatic carbocycles. The summed E-state index contributed by atoms with van der Waals surface area (Å²) in [6.45, 7) is 0.516. The van der Waals surface area contributed by atoms with Gasteiger partial charge in [-0.1, -0.05) is 23.2 Å². The number of methoxy groups -OCH3 is 1. The number of nitro groups is 1. The third-order valence-electron chi connectivity index (χ3n) is 3.53. The topological polar surface area (TPSA) is 64.4 Å². The van der Waals surface area contributed by atoms with E-state index in [0.29, 0.717) is 12.2 Å². The minimum Gasteiger partial charge on any atom is -0.377 e. The Kier molecular flexibility index (Phi) is 4.18. The van der Waals surface area contributed by atoms with Gasteiger partial charge in [0.1, 0.15) is 5.69 Å². The van der Waals surface area contributed by atoms with E-state index in [4.69, 9.17) is 27.9 Å². The van der Waals surface area contributed by atoms with Gasteiger partial charge < -0.3 is 10.1 Å². The van der Waals surface area contributed by atoms with Crippen molar-refractivity contribution in [2.75, 3.05) is 19.0 Å². The van der Waals surface area contributed by atoms with Gasteiger partial charge in [0.2, 0.25) is 0 Å². The van der Waals surface area contributed by atoms with E-state index in [-0.39, 0.29) is 21.3 Å². The van der Waals surface area contributed by atoms with Gasteiger partial charge in [0.25, 0.3) is 5.69 Å². The lowest BCUT2D eigenvalue weighted by Gasteiger charge is -2.40. The first-order valence-corrected chi connectivity index (χ1v) is 6.65. The van der Waals surface area contributed by atoms with Crippen molar-refractivity contribution in [1.29, 1.82) is 0 Å². The molecule has 0 aromatic heterocycles. The molecule has 7 heteroatoms. The Labute approximate surface area is 121 Å². The third-order valence-corrected chi connectivity index (χ3v) is 4.26. The predicted octanol–water partition coefficient (Wildman–Crippen LogP) is 3.88. The van der Waals surface area contributed by atoms with E-state index in [9.17, 15) is 10.1 Å². The van der Waals surface area contributed by atoms with Crippen LogP contribution in [0.25, 0.3) is 0 Å². The zero-order valence-corrected chi connectivity index (χ0v) is 11.9. The largest absolute Gasteiger partial charge is 0.377 e. The SMILES string of the molecule is COC1(CNc2cc(Cl)c(Cl)cc2[N+](=O)[O-])CCC1. The summed E-state index contributed by atoms with van der Waals surface area (Å²) in [4.78, 5) is 10.5. The first kappa shape index (κ1) is 14.4. The number of nitrogens with one attached hydrogen (secondary N) is 1. The minimum absolute atomic E-state index is 0.0834. The van der Waals surface area contributed by atoms with Crippen LogP contribution in [0.15, 0.2) is 12.1 Å². The van der Waals surface area contributed by atoms with Crippen LogP contribution in [0.4, 0.5) is 11.4 Å². The second-order valence-electron chi connectivity index (χ2n) is 4.63. The number of benzene rings is 1. The zero-order valence-electron chi connectivity index (χ0n) is 10.4. The van der Waals surface area contributed by atoms with Crippen molar-refractivity contribution in [3.8, 4) is 0 Å². The molecule has 1 N–H and O–H groups in total. The maximum absolute atomic E-state index is 11.0. The second kappa shape index (κ2) is 5.53. The van der Waals surface area contributed by atoms with Crippen LogP contribution >= 0.6 is 23.2 Å². The third kappa shape index (κ3) is 2.94. The number of nitro benzene ring substituents is 1. The average Bonchev–Trinajstić information content (AvgIpc) is 2.32. The van der Waals surface area contributed by atoms with Gasteiger partial charge in [0, 0.05) is 19.7 Å². The van der Waals surface area contributed by atoms with Crippen molar-refractivity contribution in [3.63, 3.8) is 0 Å². The first-order chi connectivity index (χ1) is 8.97. The molecule has 0 bridgehead atoms. The summed E-state index contributed by atoms with van der Waals surface area (Å²) in [7, 11) is 1.66. The van der Waals surface area contributed by atoms with E-state index in [1.165, 1.54) is 12.1 Å². The van der Waals surface area contributed by atoms with Gasteiger partial charge in [0.15, 0.2) is 0 Å². The number of rotatable bonds is 5. The van der Waals surface area contributed by atoms with Crippen LogP contribution in [0.5, 0.6) is 0 Å². The van der Waals surface area contributed by atoms with Crippen LogP contribution in [0.3, 0.4) is 0 Å². The van der Waals surface area contributed by atoms with Crippen LogP contribution in [-0.4, -0.2) is 24.2 Å². The highest BCUT2D eigenvalue weighted by Gasteiger charge is 2.37. The quantitative estimate of drug-likeness (QED) is 0.662. The summed E-state index contributed by atoms with van der Waals surface area (Å²) in [5.41, 5.74) is 0.0580. The highest BCUT2D eigenvalue weighted by molar-refractivity contribution is 6.42. The van der Waals surface area contributed by atoms with Crippen molar-refractivity contribution in [2.45, 2.75) is 24.9 Å². The molecule has 0 unspecified atom stereocenters. The summed E-state index contributed by atoms with van der Waals surface area (Å²) in [6, 6.07) is 2.73. The molecule has 0 radical (unpaired) electrons. The molecule has 1 fully saturated rings. The maximum atomic E-state index is 11.0. The maximum Gasteiger partial charge on any atom is 0.293 e. The zero-order chi connectivity index (χ0) is 14.0. The van der Waals surface area contributed by atoms with E-state index in [1.54, 1.807) is 7.11 Å². The Morgan fingerprint density at radius 1 is 1.42 bits per heavy atom. The molecule has 1 aliphatic rings. The minimum atomic E-state index is -0.481. The molecule has 0 saturated heterocycles. The monoisotopic (exact) mass is 304 g/mol. The fourth-order valence-corrected chi connectivity index (χ4v) is 2.43. The molecule has 1 saturated carbocycles. The number of nitrogens with zero attached hydrogens (tertiary/aromatic N) is 1. The Balaban J connectivity index is 2.19. The molecule has 104 valence electrons. The Morgan fingerprint density at radius 2 is 2.05 bits per heavy atom. The lowest BCUT2D eigenvalue weighted by Crippen LogP contribution is -2.45. The van der Waals surface area contributed by atoms with Gasteiger partial charge in [-0.2, -0.15) is 0 Å².